The molecule has 2 nitrogen and oxygen atoms in total. The summed E-state index contributed by atoms with van der Waals surface area (Å²) in [6.45, 7) is 2.92. The van der Waals surface area contributed by atoms with Crippen LogP contribution in [0.15, 0.2) is 0 Å². The van der Waals surface area contributed by atoms with Gasteiger partial charge in [0.25, 0.3) is 0 Å². The summed E-state index contributed by atoms with van der Waals surface area (Å²) in [4.78, 5) is 0. The minimum Gasteiger partial charge on any atom is -0.389 e. The summed E-state index contributed by atoms with van der Waals surface area (Å²) in [5.41, 5.74) is 5.60. The Balaban J connectivity index is 2.13. The highest BCUT2D eigenvalue weighted by molar-refractivity contribution is 5.05. The van der Waals surface area contributed by atoms with E-state index in [4.69, 9.17) is 5.73 Å². The van der Waals surface area contributed by atoms with E-state index in [0.717, 1.165) is 31.6 Å². The van der Waals surface area contributed by atoms with Gasteiger partial charge in [-0.25, -0.2) is 0 Å². The Morgan fingerprint density at radius 1 is 1.27 bits per heavy atom. The minimum atomic E-state index is -0.432. The van der Waals surface area contributed by atoms with Crippen molar-refractivity contribution in [2.45, 2.75) is 63.9 Å². The number of nitrogens with two attached hydrogens (primary N) is 1. The molecule has 0 aromatic carbocycles. The second-order valence-corrected chi connectivity index (χ2v) is 5.74. The lowest BCUT2D eigenvalue weighted by Gasteiger charge is -2.42. The summed E-state index contributed by atoms with van der Waals surface area (Å²) in [5.74, 6) is 0.735. The average molecular weight is 211 g/mol. The van der Waals surface area contributed by atoms with Crippen LogP contribution >= 0.6 is 0 Å². The van der Waals surface area contributed by atoms with Crippen molar-refractivity contribution in [2.24, 2.45) is 17.1 Å². The van der Waals surface area contributed by atoms with Crippen molar-refractivity contribution < 1.29 is 5.11 Å². The summed E-state index contributed by atoms with van der Waals surface area (Å²) < 4.78 is 0. The lowest BCUT2D eigenvalue weighted by atomic mass is 9.69. The normalized spacial score (nSPS) is 39.8. The first-order valence-electron chi connectivity index (χ1n) is 6.58. The molecule has 0 heterocycles. The first-order valence-corrected chi connectivity index (χ1v) is 6.58. The van der Waals surface area contributed by atoms with E-state index < -0.39 is 5.60 Å². The Labute approximate surface area is 93.2 Å². The Morgan fingerprint density at radius 3 is 2.40 bits per heavy atom. The molecule has 0 aromatic heterocycles. The third-order valence-electron chi connectivity index (χ3n) is 5.11. The Morgan fingerprint density at radius 2 is 1.93 bits per heavy atom. The largest absolute Gasteiger partial charge is 0.389 e. The number of hydrogen-bond acceptors (Lipinski definition) is 2. The summed E-state index contributed by atoms with van der Waals surface area (Å²) in [5, 5.41) is 10.9. The van der Waals surface area contributed by atoms with Gasteiger partial charge in [-0.1, -0.05) is 26.2 Å². The summed E-state index contributed by atoms with van der Waals surface area (Å²) in [6, 6.07) is 0. The third kappa shape index (κ3) is 1.72. The van der Waals surface area contributed by atoms with Gasteiger partial charge in [0.1, 0.15) is 0 Å². The van der Waals surface area contributed by atoms with Gasteiger partial charge >= 0.3 is 0 Å². The molecule has 0 bridgehead atoms. The highest BCUT2D eigenvalue weighted by Gasteiger charge is 2.53. The molecule has 3 N–H and O–H groups in total. The molecule has 15 heavy (non-hydrogen) atoms. The fourth-order valence-electron chi connectivity index (χ4n) is 3.87. The van der Waals surface area contributed by atoms with Gasteiger partial charge in [-0.3, -0.25) is 0 Å². The van der Waals surface area contributed by atoms with Crippen LogP contribution in [0, 0.1) is 11.3 Å². The molecule has 2 aliphatic carbocycles. The standard InChI is InChI=1S/C13H25NO/c1-2-11-5-8-13(15,9-11)12(10-14)6-3-4-7-12/h11,15H,2-10,14H2,1H3. The maximum absolute atomic E-state index is 10.9. The number of hydrogen-bond donors (Lipinski definition) is 2. The molecule has 0 aliphatic heterocycles. The van der Waals surface area contributed by atoms with Crippen LogP contribution in [0.3, 0.4) is 0 Å². The van der Waals surface area contributed by atoms with Crippen LogP contribution in [0.5, 0.6) is 0 Å². The van der Waals surface area contributed by atoms with Crippen LogP contribution in [0.4, 0.5) is 0 Å². The summed E-state index contributed by atoms with van der Waals surface area (Å²) in [6.07, 6.45) is 9.22. The minimum absolute atomic E-state index is 0.0664. The van der Waals surface area contributed by atoms with Crippen molar-refractivity contribution in [3.8, 4) is 0 Å². The van der Waals surface area contributed by atoms with Crippen molar-refractivity contribution in [1.29, 1.82) is 0 Å². The van der Waals surface area contributed by atoms with Crippen molar-refractivity contribution >= 4 is 0 Å². The molecular formula is C13H25NO. The summed E-state index contributed by atoms with van der Waals surface area (Å²) >= 11 is 0. The molecule has 2 atom stereocenters. The number of aliphatic hydroxyl groups is 1. The molecular weight excluding hydrogens is 186 g/mol. The predicted molar refractivity (Wildman–Crippen MR) is 62.5 cm³/mol. The maximum Gasteiger partial charge on any atom is 0.0718 e. The first kappa shape index (κ1) is 11.4. The van der Waals surface area contributed by atoms with Crippen molar-refractivity contribution in [1.82, 2.24) is 0 Å². The molecule has 0 radical (unpaired) electrons. The Bertz CT molecular complexity index is 223. The SMILES string of the molecule is CCC1CCC(O)(C2(CN)CCCC2)C1. The molecule has 0 spiro atoms. The van der Waals surface area contributed by atoms with Gasteiger partial charge in [-0.2, -0.15) is 0 Å². The molecule has 0 saturated heterocycles. The van der Waals surface area contributed by atoms with Crippen molar-refractivity contribution in [3.05, 3.63) is 0 Å². The second kappa shape index (κ2) is 4.06. The lowest BCUT2D eigenvalue weighted by molar-refractivity contribution is -0.0755. The first-order chi connectivity index (χ1) is 7.16. The fourth-order valence-corrected chi connectivity index (χ4v) is 3.87. The quantitative estimate of drug-likeness (QED) is 0.753. The van der Waals surface area contributed by atoms with E-state index in [9.17, 15) is 5.11 Å². The highest BCUT2D eigenvalue weighted by Crippen LogP contribution is 2.54. The van der Waals surface area contributed by atoms with Crippen LogP contribution in [-0.4, -0.2) is 17.3 Å². The second-order valence-electron chi connectivity index (χ2n) is 5.74. The predicted octanol–water partition coefficient (Wildman–Crippen LogP) is 2.45. The number of rotatable bonds is 3. The van der Waals surface area contributed by atoms with E-state index in [1.165, 1.54) is 25.7 Å². The molecule has 2 aliphatic rings. The van der Waals surface area contributed by atoms with Gasteiger partial charge in [0, 0.05) is 12.0 Å². The molecule has 0 aromatic rings. The molecule has 88 valence electrons. The van der Waals surface area contributed by atoms with Gasteiger partial charge in [0.15, 0.2) is 0 Å². The van der Waals surface area contributed by atoms with Gasteiger partial charge in [-0.15, -0.1) is 0 Å². The van der Waals surface area contributed by atoms with E-state index in [1.54, 1.807) is 0 Å². The lowest BCUT2D eigenvalue weighted by Crippen LogP contribution is -2.49. The van der Waals surface area contributed by atoms with Crippen LogP contribution in [0.2, 0.25) is 0 Å². The molecule has 2 rings (SSSR count). The van der Waals surface area contributed by atoms with Gasteiger partial charge in [0.2, 0.25) is 0 Å². The molecule has 2 fully saturated rings. The fraction of sp³-hybridized carbons (Fsp3) is 1.00. The molecule has 2 saturated carbocycles. The van der Waals surface area contributed by atoms with Gasteiger partial charge < -0.3 is 10.8 Å². The Hall–Kier alpha value is -0.0800. The zero-order valence-electron chi connectivity index (χ0n) is 9.97. The van der Waals surface area contributed by atoms with Gasteiger partial charge in [0.05, 0.1) is 5.60 Å². The topological polar surface area (TPSA) is 46.2 Å². The third-order valence-corrected chi connectivity index (χ3v) is 5.11. The zero-order chi connectivity index (χ0) is 10.9. The van der Waals surface area contributed by atoms with E-state index in [2.05, 4.69) is 6.92 Å². The molecule has 0 amide bonds. The van der Waals surface area contributed by atoms with E-state index in [1.807, 2.05) is 0 Å². The van der Waals surface area contributed by atoms with Crippen LogP contribution in [0.1, 0.15) is 58.3 Å². The monoisotopic (exact) mass is 211 g/mol. The van der Waals surface area contributed by atoms with E-state index in [-0.39, 0.29) is 5.41 Å². The van der Waals surface area contributed by atoms with Crippen molar-refractivity contribution in [2.75, 3.05) is 6.54 Å². The highest BCUT2D eigenvalue weighted by atomic mass is 16.3. The maximum atomic E-state index is 10.9. The molecule has 2 unspecified atom stereocenters. The smallest absolute Gasteiger partial charge is 0.0718 e. The summed E-state index contributed by atoms with van der Waals surface area (Å²) in [7, 11) is 0. The van der Waals surface area contributed by atoms with Crippen LogP contribution in [0.25, 0.3) is 0 Å². The molecule has 2 heteroatoms. The van der Waals surface area contributed by atoms with Crippen molar-refractivity contribution in [3.63, 3.8) is 0 Å². The van der Waals surface area contributed by atoms with E-state index >= 15 is 0 Å². The Kier molecular flexibility index (Phi) is 3.09. The zero-order valence-corrected chi connectivity index (χ0v) is 9.97. The van der Waals surface area contributed by atoms with E-state index in [0.29, 0.717) is 6.54 Å². The van der Waals surface area contributed by atoms with Crippen LogP contribution in [-0.2, 0) is 0 Å². The van der Waals surface area contributed by atoms with Crippen LogP contribution < -0.4 is 5.73 Å². The average Bonchev–Trinajstić information content (AvgIpc) is 2.85. The van der Waals surface area contributed by atoms with Gasteiger partial charge in [-0.05, 0) is 38.0 Å².